The van der Waals surface area contributed by atoms with Crippen LogP contribution in [-0.4, -0.2) is 35.6 Å². The fraction of sp³-hybridized carbons (Fsp3) is 0.333. The number of benzene rings is 2. The number of carbonyl (C=O) groups excluding carboxylic acids is 2. The summed E-state index contributed by atoms with van der Waals surface area (Å²) in [5.41, 5.74) is 4.23. The summed E-state index contributed by atoms with van der Waals surface area (Å²) in [6.45, 7) is 8.00. The van der Waals surface area contributed by atoms with Gasteiger partial charge in [-0.15, -0.1) is 11.8 Å². The van der Waals surface area contributed by atoms with Gasteiger partial charge in [0.2, 0.25) is 11.8 Å². The van der Waals surface area contributed by atoms with Crippen LogP contribution in [0.25, 0.3) is 0 Å². The predicted octanol–water partition coefficient (Wildman–Crippen LogP) is 4.19. The number of amides is 2. The molecule has 2 rings (SSSR count). The average Bonchev–Trinajstić information content (AvgIpc) is 2.58. The standard InChI is InChI=1S/C21H26N2O2S/c1-14-6-9-18(10-7-14)22-20(24)13-23(5)21(25)17(4)26-19-11-8-15(2)12-16(19)3/h6-12,17H,13H2,1-5H3,(H,22,24)/t17-/m0/s1. The normalized spacial score (nSPS) is 11.7. The number of thioether (sulfide) groups is 1. The number of nitrogens with zero attached hydrogens (tertiary/aromatic N) is 1. The van der Waals surface area contributed by atoms with Crippen molar-refractivity contribution in [1.82, 2.24) is 4.90 Å². The fourth-order valence-corrected chi connectivity index (χ4v) is 3.67. The van der Waals surface area contributed by atoms with Gasteiger partial charge in [0.25, 0.3) is 0 Å². The first-order chi connectivity index (χ1) is 12.3. The van der Waals surface area contributed by atoms with Crippen molar-refractivity contribution >= 4 is 29.3 Å². The molecule has 26 heavy (non-hydrogen) atoms. The molecule has 5 heteroatoms. The number of hydrogen-bond donors (Lipinski definition) is 1. The van der Waals surface area contributed by atoms with E-state index in [0.717, 1.165) is 21.7 Å². The number of rotatable bonds is 6. The van der Waals surface area contributed by atoms with Crippen LogP contribution < -0.4 is 5.32 Å². The second kappa shape index (κ2) is 8.90. The molecule has 0 aromatic heterocycles. The second-order valence-corrected chi connectivity index (χ2v) is 8.02. The minimum atomic E-state index is -0.256. The molecule has 0 unspecified atom stereocenters. The maximum Gasteiger partial charge on any atom is 0.243 e. The fourth-order valence-electron chi connectivity index (χ4n) is 2.61. The number of nitrogens with one attached hydrogen (secondary N) is 1. The van der Waals surface area contributed by atoms with Gasteiger partial charge in [-0.25, -0.2) is 0 Å². The lowest BCUT2D eigenvalue weighted by Crippen LogP contribution is -2.38. The Morgan fingerprint density at radius 1 is 1.04 bits per heavy atom. The van der Waals surface area contributed by atoms with E-state index in [0.29, 0.717) is 0 Å². The topological polar surface area (TPSA) is 49.4 Å². The van der Waals surface area contributed by atoms with Crippen LogP contribution in [0.1, 0.15) is 23.6 Å². The van der Waals surface area contributed by atoms with Crippen molar-refractivity contribution in [3.8, 4) is 0 Å². The van der Waals surface area contributed by atoms with E-state index in [1.165, 1.54) is 22.2 Å². The van der Waals surface area contributed by atoms with Gasteiger partial charge in [-0.1, -0.05) is 35.4 Å². The van der Waals surface area contributed by atoms with Crippen molar-refractivity contribution in [2.45, 2.75) is 37.8 Å². The minimum Gasteiger partial charge on any atom is -0.335 e. The van der Waals surface area contributed by atoms with Crippen LogP contribution in [0.4, 0.5) is 5.69 Å². The van der Waals surface area contributed by atoms with Crippen LogP contribution in [0.3, 0.4) is 0 Å². The van der Waals surface area contributed by atoms with Crippen LogP contribution in [0, 0.1) is 20.8 Å². The third-order valence-electron chi connectivity index (χ3n) is 4.07. The van der Waals surface area contributed by atoms with Gasteiger partial charge in [-0.3, -0.25) is 9.59 Å². The van der Waals surface area contributed by atoms with E-state index in [1.54, 1.807) is 7.05 Å². The molecule has 0 aliphatic rings. The highest BCUT2D eigenvalue weighted by atomic mass is 32.2. The molecule has 1 N–H and O–H groups in total. The van der Waals surface area contributed by atoms with Gasteiger partial charge >= 0.3 is 0 Å². The van der Waals surface area contributed by atoms with Gasteiger partial charge in [0.05, 0.1) is 11.8 Å². The second-order valence-electron chi connectivity index (χ2n) is 6.64. The zero-order chi connectivity index (χ0) is 19.3. The zero-order valence-electron chi connectivity index (χ0n) is 16.0. The Morgan fingerprint density at radius 2 is 1.65 bits per heavy atom. The van der Waals surface area contributed by atoms with Crippen molar-refractivity contribution in [3.63, 3.8) is 0 Å². The molecule has 4 nitrogen and oxygen atoms in total. The number of hydrogen-bond acceptors (Lipinski definition) is 3. The molecule has 138 valence electrons. The number of anilines is 1. The van der Waals surface area contributed by atoms with Gasteiger partial charge in [0.15, 0.2) is 0 Å². The summed E-state index contributed by atoms with van der Waals surface area (Å²) in [5, 5.41) is 2.56. The number of likely N-dealkylation sites (N-methyl/N-ethyl adjacent to an activating group) is 1. The van der Waals surface area contributed by atoms with Crippen LogP contribution in [0.2, 0.25) is 0 Å². The number of carbonyl (C=O) groups is 2. The molecular weight excluding hydrogens is 344 g/mol. The summed E-state index contributed by atoms with van der Waals surface area (Å²) < 4.78 is 0. The molecule has 1 atom stereocenters. The van der Waals surface area contributed by atoms with E-state index in [9.17, 15) is 9.59 Å². The van der Waals surface area contributed by atoms with Gasteiger partial charge in [-0.2, -0.15) is 0 Å². The molecule has 0 bridgehead atoms. The lowest BCUT2D eigenvalue weighted by molar-refractivity contribution is -0.132. The van der Waals surface area contributed by atoms with E-state index < -0.39 is 0 Å². The Balaban J connectivity index is 1.91. The Morgan fingerprint density at radius 3 is 2.27 bits per heavy atom. The smallest absolute Gasteiger partial charge is 0.243 e. The number of aryl methyl sites for hydroxylation is 3. The highest BCUT2D eigenvalue weighted by molar-refractivity contribution is 8.00. The molecule has 0 saturated carbocycles. The van der Waals surface area contributed by atoms with Crippen molar-refractivity contribution in [1.29, 1.82) is 0 Å². The van der Waals surface area contributed by atoms with Gasteiger partial charge in [0, 0.05) is 17.6 Å². The lowest BCUT2D eigenvalue weighted by atomic mass is 10.2. The highest BCUT2D eigenvalue weighted by Gasteiger charge is 2.21. The predicted molar refractivity (Wildman–Crippen MR) is 109 cm³/mol. The van der Waals surface area contributed by atoms with Crippen LogP contribution in [0.15, 0.2) is 47.4 Å². The molecule has 2 aromatic carbocycles. The summed E-state index contributed by atoms with van der Waals surface area (Å²) in [7, 11) is 1.66. The van der Waals surface area contributed by atoms with Crippen molar-refractivity contribution in [2.75, 3.05) is 18.9 Å². The summed E-state index contributed by atoms with van der Waals surface area (Å²) in [5.74, 6) is -0.262. The third kappa shape index (κ3) is 5.63. The van der Waals surface area contributed by atoms with Crippen molar-refractivity contribution in [3.05, 3.63) is 59.2 Å². The van der Waals surface area contributed by atoms with Crippen LogP contribution in [-0.2, 0) is 9.59 Å². The molecule has 2 aromatic rings. The molecule has 0 radical (unpaired) electrons. The highest BCUT2D eigenvalue weighted by Crippen LogP contribution is 2.28. The van der Waals surface area contributed by atoms with E-state index >= 15 is 0 Å². The Kier molecular flexibility index (Phi) is 6.86. The first-order valence-corrected chi connectivity index (χ1v) is 9.49. The molecule has 2 amide bonds. The molecule has 0 saturated heterocycles. The quantitative estimate of drug-likeness (QED) is 0.776. The van der Waals surface area contributed by atoms with Gasteiger partial charge in [0.1, 0.15) is 0 Å². The van der Waals surface area contributed by atoms with E-state index in [4.69, 9.17) is 0 Å². The van der Waals surface area contributed by atoms with E-state index in [2.05, 4.69) is 18.3 Å². The summed E-state index contributed by atoms with van der Waals surface area (Å²) >= 11 is 1.53. The van der Waals surface area contributed by atoms with Crippen molar-refractivity contribution in [2.24, 2.45) is 0 Å². The molecule has 0 heterocycles. The third-order valence-corrected chi connectivity index (χ3v) is 5.34. The molecule has 0 aliphatic heterocycles. The lowest BCUT2D eigenvalue weighted by Gasteiger charge is -2.21. The minimum absolute atomic E-state index is 0.0322. The van der Waals surface area contributed by atoms with Crippen LogP contribution in [0.5, 0.6) is 0 Å². The summed E-state index contributed by atoms with van der Waals surface area (Å²) in [6, 6.07) is 13.8. The Bertz CT molecular complexity index is 787. The van der Waals surface area contributed by atoms with Crippen molar-refractivity contribution < 1.29 is 9.59 Å². The maximum absolute atomic E-state index is 12.6. The SMILES string of the molecule is Cc1ccc(NC(=O)CN(C)C(=O)[C@H](C)Sc2ccc(C)cc2C)cc1. The van der Waals surface area contributed by atoms with Crippen LogP contribution >= 0.6 is 11.8 Å². The first kappa shape index (κ1) is 20.0. The molecule has 0 spiro atoms. The zero-order valence-corrected chi connectivity index (χ0v) is 16.8. The summed E-state index contributed by atoms with van der Waals surface area (Å²) in [4.78, 5) is 27.3. The van der Waals surface area contributed by atoms with Gasteiger partial charge in [-0.05, 0) is 51.5 Å². The molecule has 0 aliphatic carbocycles. The monoisotopic (exact) mass is 370 g/mol. The van der Waals surface area contributed by atoms with E-state index in [-0.39, 0.29) is 23.6 Å². The maximum atomic E-state index is 12.6. The largest absolute Gasteiger partial charge is 0.335 e. The molecule has 0 fully saturated rings. The van der Waals surface area contributed by atoms with E-state index in [1.807, 2.05) is 57.2 Å². The summed E-state index contributed by atoms with van der Waals surface area (Å²) in [6.07, 6.45) is 0. The van der Waals surface area contributed by atoms with Gasteiger partial charge < -0.3 is 10.2 Å². The first-order valence-electron chi connectivity index (χ1n) is 8.61. The Labute approximate surface area is 160 Å². The molecular formula is C21H26N2O2S. The Hall–Kier alpha value is -2.27. The average molecular weight is 371 g/mol.